The quantitative estimate of drug-likeness (QED) is 0.815. The molecule has 0 atom stereocenters. The van der Waals surface area contributed by atoms with Gasteiger partial charge in [-0.25, -0.2) is 18.4 Å². The fourth-order valence-corrected chi connectivity index (χ4v) is 1.94. The highest BCUT2D eigenvalue weighted by atomic mass is 19.2. The van der Waals surface area contributed by atoms with E-state index in [9.17, 15) is 13.6 Å². The zero-order valence-electron chi connectivity index (χ0n) is 11.1. The zero-order chi connectivity index (χ0) is 14.5. The van der Waals surface area contributed by atoms with E-state index in [0.717, 1.165) is 18.6 Å². The van der Waals surface area contributed by atoms with E-state index >= 15 is 0 Å². The number of Topliss-reactive ketones (excluding diaryl/α,β-unsaturated/α-hetero) is 1. The molecule has 1 aromatic heterocycles. The number of carbonyl (C=O) groups is 1. The minimum atomic E-state index is -0.940. The van der Waals surface area contributed by atoms with Crippen LogP contribution in [0, 0.1) is 11.6 Å². The van der Waals surface area contributed by atoms with Gasteiger partial charge in [0.25, 0.3) is 0 Å². The Labute approximate surface area is 115 Å². The summed E-state index contributed by atoms with van der Waals surface area (Å²) in [4.78, 5) is 16.0. The fraction of sp³-hybridized carbons (Fsp3) is 0.357. The lowest BCUT2D eigenvalue weighted by molar-refractivity contribution is -0.117. The van der Waals surface area contributed by atoms with Gasteiger partial charge in [-0.05, 0) is 24.1 Å². The van der Waals surface area contributed by atoms with E-state index in [0.29, 0.717) is 17.9 Å². The molecule has 0 aliphatic rings. The average Bonchev–Trinajstić information content (AvgIpc) is 2.82. The number of ketones is 1. The number of aromatic nitrogens is 3. The van der Waals surface area contributed by atoms with Crippen molar-refractivity contribution in [2.24, 2.45) is 0 Å². The van der Waals surface area contributed by atoms with Crippen molar-refractivity contribution in [3.05, 3.63) is 47.5 Å². The van der Waals surface area contributed by atoms with Crippen LogP contribution in [0.1, 0.15) is 24.7 Å². The van der Waals surface area contributed by atoms with Crippen LogP contribution in [0.2, 0.25) is 0 Å². The number of halogens is 2. The van der Waals surface area contributed by atoms with Crippen molar-refractivity contribution >= 4 is 5.78 Å². The Morgan fingerprint density at radius 1 is 1.25 bits per heavy atom. The Morgan fingerprint density at radius 3 is 2.75 bits per heavy atom. The molecular formula is C14H15F2N3O. The molecule has 0 bridgehead atoms. The minimum Gasteiger partial charge on any atom is -0.299 e. The molecule has 0 radical (unpaired) electrons. The third-order valence-electron chi connectivity index (χ3n) is 2.87. The largest absolute Gasteiger partial charge is 0.299 e. The molecule has 0 fully saturated rings. The number of nitrogens with zero attached hydrogens (tertiary/aromatic N) is 3. The molecule has 2 rings (SSSR count). The SMILES string of the molecule is CCCn1ncnc1CC(=O)Cc1ccc(F)c(F)c1. The number of rotatable bonds is 6. The zero-order valence-corrected chi connectivity index (χ0v) is 11.1. The Bertz CT molecular complexity index is 610. The lowest BCUT2D eigenvalue weighted by Gasteiger charge is -2.04. The Hall–Kier alpha value is -2.11. The van der Waals surface area contributed by atoms with Gasteiger partial charge in [0.05, 0.1) is 6.42 Å². The number of aryl methyl sites for hydroxylation is 1. The van der Waals surface area contributed by atoms with Crippen molar-refractivity contribution in [1.82, 2.24) is 14.8 Å². The molecule has 0 unspecified atom stereocenters. The highest BCUT2D eigenvalue weighted by Gasteiger charge is 2.12. The molecule has 0 aliphatic heterocycles. The summed E-state index contributed by atoms with van der Waals surface area (Å²) in [7, 11) is 0. The number of carbonyl (C=O) groups excluding carboxylic acids is 1. The van der Waals surface area contributed by atoms with E-state index in [1.165, 1.54) is 12.4 Å². The van der Waals surface area contributed by atoms with Crippen LogP contribution in [0.3, 0.4) is 0 Å². The van der Waals surface area contributed by atoms with Crippen molar-refractivity contribution in [1.29, 1.82) is 0 Å². The van der Waals surface area contributed by atoms with Crippen LogP contribution in [-0.4, -0.2) is 20.5 Å². The maximum atomic E-state index is 13.1. The van der Waals surface area contributed by atoms with Crippen molar-refractivity contribution in [2.75, 3.05) is 0 Å². The number of hydrogen-bond acceptors (Lipinski definition) is 3. The molecule has 0 aliphatic carbocycles. The highest BCUT2D eigenvalue weighted by molar-refractivity contribution is 5.82. The third-order valence-corrected chi connectivity index (χ3v) is 2.87. The maximum Gasteiger partial charge on any atom is 0.159 e. The van der Waals surface area contributed by atoms with Gasteiger partial charge in [0.1, 0.15) is 17.9 Å². The van der Waals surface area contributed by atoms with E-state index < -0.39 is 11.6 Å². The van der Waals surface area contributed by atoms with Crippen LogP contribution in [0.4, 0.5) is 8.78 Å². The first-order valence-electron chi connectivity index (χ1n) is 6.42. The molecule has 1 aromatic carbocycles. The molecule has 0 saturated heterocycles. The van der Waals surface area contributed by atoms with Crippen molar-refractivity contribution in [2.45, 2.75) is 32.7 Å². The van der Waals surface area contributed by atoms with Gasteiger partial charge in [0.15, 0.2) is 11.6 Å². The van der Waals surface area contributed by atoms with Crippen LogP contribution in [-0.2, 0) is 24.2 Å². The van der Waals surface area contributed by atoms with Gasteiger partial charge < -0.3 is 0 Å². The van der Waals surface area contributed by atoms with Crippen molar-refractivity contribution in [3.63, 3.8) is 0 Å². The smallest absolute Gasteiger partial charge is 0.159 e. The molecule has 2 aromatic rings. The maximum absolute atomic E-state index is 13.1. The molecule has 6 heteroatoms. The summed E-state index contributed by atoms with van der Waals surface area (Å²) in [5, 5.41) is 4.04. The molecule has 0 amide bonds. The molecular weight excluding hydrogens is 264 g/mol. The first kappa shape index (κ1) is 14.3. The lowest BCUT2D eigenvalue weighted by Crippen LogP contribution is -2.13. The fourth-order valence-electron chi connectivity index (χ4n) is 1.94. The molecule has 20 heavy (non-hydrogen) atoms. The van der Waals surface area contributed by atoms with Crippen LogP contribution < -0.4 is 0 Å². The molecule has 0 N–H and O–H groups in total. The first-order chi connectivity index (χ1) is 9.60. The van der Waals surface area contributed by atoms with Gasteiger partial charge in [-0.3, -0.25) is 4.79 Å². The van der Waals surface area contributed by atoms with Gasteiger partial charge >= 0.3 is 0 Å². The topological polar surface area (TPSA) is 47.8 Å². The second kappa shape index (κ2) is 6.36. The van der Waals surface area contributed by atoms with Crippen molar-refractivity contribution < 1.29 is 13.6 Å². The van der Waals surface area contributed by atoms with Gasteiger partial charge in [0, 0.05) is 13.0 Å². The summed E-state index contributed by atoms with van der Waals surface area (Å²) in [6.45, 7) is 2.71. The minimum absolute atomic E-state index is 0.0518. The highest BCUT2D eigenvalue weighted by Crippen LogP contribution is 2.10. The van der Waals surface area contributed by atoms with Crippen LogP contribution >= 0.6 is 0 Å². The first-order valence-corrected chi connectivity index (χ1v) is 6.42. The summed E-state index contributed by atoms with van der Waals surface area (Å²) < 4.78 is 27.5. The summed E-state index contributed by atoms with van der Waals surface area (Å²) in [6, 6.07) is 3.48. The van der Waals surface area contributed by atoms with Gasteiger partial charge in [-0.15, -0.1) is 0 Å². The standard InChI is InChI=1S/C14H15F2N3O/c1-2-5-19-14(17-9-18-19)8-11(20)6-10-3-4-12(15)13(16)7-10/h3-4,7,9H,2,5-6,8H2,1H3. The molecule has 0 spiro atoms. The van der Waals surface area contributed by atoms with Gasteiger partial charge in [0.2, 0.25) is 0 Å². The average molecular weight is 279 g/mol. The lowest BCUT2D eigenvalue weighted by atomic mass is 10.1. The van der Waals surface area contributed by atoms with Crippen LogP contribution in [0.15, 0.2) is 24.5 Å². The van der Waals surface area contributed by atoms with Crippen molar-refractivity contribution in [3.8, 4) is 0 Å². The number of benzene rings is 1. The van der Waals surface area contributed by atoms with E-state index in [-0.39, 0.29) is 18.6 Å². The Balaban J connectivity index is 2.01. The second-order valence-corrected chi connectivity index (χ2v) is 4.54. The van der Waals surface area contributed by atoms with E-state index in [4.69, 9.17) is 0 Å². The monoisotopic (exact) mass is 279 g/mol. The Morgan fingerprint density at radius 2 is 2.05 bits per heavy atom. The summed E-state index contributed by atoms with van der Waals surface area (Å²) in [5.41, 5.74) is 0.454. The normalized spacial score (nSPS) is 10.8. The predicted octanol–water partition coefficient (Wildman–Crippen LogP) is 2.32. The molecule has 106 valence electrons. The van der Waals surface area contributed by atoms with Gasteiger partial charge in [-0.1, -0.05) is 13.0 Å². The van der Waals surface area contributed by atoms with E-state index in [1.54, 1.807) is 4.68 Å². The summed E-state index contributed by atoms with van der Waals surface area (Å²) in [6.07, 6.45) is 2.50. The second-order valence-electron chi connectivity index (χ2n) is 4.54. The Kier molecular flexibility index (Phi) is 4.55. The predicted molar refractivity (Wildman–Crippen MR) is 69.1 cm³/mol. The van der Waals surface area contributed by atoms with Crippen LogP contribution in [0.25, 0.3) is 0 Å². The molecule has 0 saturated carbocycles. The summed E-state index contributed by atoms with van der Waals surface area (Å²) in [5.74, 6) is -1.37. The third kappa shape index (κ3) is 3.46. The summed E-state index contributed by atoms with van der Waals surface area (Å²) >= 11 is 0. The van der Waals surface area contributed by atoms with Crippen LogP contribution in [0.5, 0.6) is 0 Å². The van der Waals surface area contributed by atoms with E-state index in [2.05, 4.69) is 10.1 Å². The van der Waals surface area contributed by atoms with Gasteiger partial charge in [-0.2, -0.15) is 5.10 Å². The van der Waals surface area contributed by atoms with E-state index in [1.807, 2.05) is 6.92 Å². The number of hydrogen-bond donors (Lipinski definition) is 0. The molecule has 1 heterocycles. The molecule has 4 nitrogen and oxygen atoms in total.